The Morgan fingerprint density at radius 2 is 1.88 bits per heavy atom. The second-order valence-electron chi connectivity index (χ2n) is 9.12. The van der Waals surface area contributed by atoms with E-state index in [1.165, 1.54) is 49.1 Å². The van der Waals surface area contributed by atoms with Gasteiger partial charge in [0, 0.05) is 28.6 Å². The monoisotopic (exact) mass is 480 g/mol. The Kier molecular flexibility index (Phi) is 6.06. The summed E-state index contributed by atoms with van der Waals surface area (Å²) in [7, 11) is 0. The molecular weight excluding hydrogens is 452 g/mol. The third kappa shape index (κ3) is 4.00. The Hall–Kier alpha value is -2.57. The van der Waals surface area contributed by atoms with Crippen LogP contribution in [0.15, 0.2) is 48.7 Å². The standard InChI is InChI=1S/C26H29ClN4OS/c1-16-14-20(17(2)30(16)19-8-4-3-5-9-19)25-24(21-10-6-7-13-28-21)29-26(33)31(25)22-15-18(27)11-12-23(22)32/h6-7,10-15,19,24-25,32H,3-5,8-9H2,1-2H3,(H,29,33). The summed E-state index contributed by atoms with van der Waals surface area (Å²) < 4.78 is 2.52. The fraction of sp³-hybridized carbons (Fsp3) is 0.385. The van der Waals surface area contributed by atoms with Gasteiger partial charge in [-0.15, -0.1) is 0 Å². The Balaban J connectivity index is 1.66. The summed E-state index contributed by atoms with van der Waals surface area (Å²) in [5.41, 5.74) is 5.23. The lowest BCUT2D eigenvalue weighted by atomic mass is 9.94. The number of nitrogens with one attached hydrogen (secondary N) is 1. The minimum atomic E-state index is -0.166. The Labute approximate surface area is 205 Å². The number of hydrogen-bond donors (Lipinski definition) is 2. The molecule has 1 aliphatic heterocycles. The highest BCUT2D eigenvalue weighted by Gasteiger charge is 2.43. The maximum absolute atomic E-state index is 10.8. The molecule has 0 radical (unpaired) electrons. The van der Waals surface area contributed by atoms with Crippen LogP contribution in [0.4, 0.5) is 5.69 Å². The van der Waals surface area contributed by atoms with Crippen molar-refractivity contribution in [2.45, 2.75) is 64.1 Å². The molecule has 2 fully saturated rings. The number of pyridine rings is 1. The molecule has 3 heterocycles. The Morgan fingerprint density at radius 3 is 2.61 bits per heavy atom. The number of nitrogens with zero attached hydrogens (tertiary/aromatic N) is 3. The lowest BCUT2D eigenvalue weighted by Gasteiger charge is -2.30. The van der Waals surface area contributed by atoms with Crippen molar-refractivity contribution in [2.75, 3.05) is 4.90 Å². The maximum Gasteiger partial charge on any atom is 0.174 e. The van der Waals surface area contributed by atoms with Crippen LogP contribution in [0.5, 0.6) is 5.75 Å². The minimum Gasteiger partial charge on any atom is -0.506 e. The Bertz CT molecular complexity index is 1170. The summed E-state index contributed by atoms with van der Waals surface area (Å²) in [4.78, 5) is 6.65. The number of thiocarbonyl (C=S) groups is 1. The van der Waals surface area contributed by atoms with Crippen molar-refractivity contribution in [3.05, 3.63) is 76.3 Å². The highest BCUT2D eigenvalue weighted by atomic mass is 35.5. The van der Waals surface area contributed by atoms with E-state index in [0.717, 1.165) is 5.69 Å². The van der Waals surface area contributed by atoms with Gasteiger partial charge in [0.25, 0.3) is 0 Å². The number of rotatable bonds is 4. The molecule has 0 bridgehead atoms. The molecule has 7 heteroatoms. The van der Waals surface area contributed by atoms with Crippen molar-refractivity contribution >= 4 is 34.6 Å². The molecule has 1 aromatic carbocycles. The van der Waals surface area contributed by atoms with Gasteiger partial charge in [0.1, 0.15) is 5.75 Å². The van der Waals surface area contributed by atoms with Crippen LogP contribution in [-0.2, 0) is 0 Å². The van der Waals surface area contributed by atoms with Crippen LogP contribution in [0.3, 0.4) is 0 Å². The van der Waals surface area contributed by atoms with Crippen LogP contribution < -0.4 is 10.2 Å². The van der Waals surface area contributed by atoms with Crippen molar-refractivity contribution in [3.63, 3.8) is 0 Å². The Morgan fingerprint density at radius 1 is 1.09 bits per heavy atom. The van der Waals surface area contributed by atoms with E-state index in [0.29, 0.717) is 21.9 Å². The van der Waals surface area contributed by atoms with E-state index in [9.17, 15) is 5.11 Å². The predicted octanol–water partition coefficient (Wildman–Crippen LogP) is 6.54. The number of aryl methyl sites for hydroxylation is 1. The van der Waals surface area contributed by atoms with Crippen molar-refractivity contribution < 1.29 is 5.11 Å². The van der Waals surface area contributed by atoms with Crippen LogP contribution in [0.25, 0.3) is 0 Å². The molecule has 2 N–H and O–H groups in total. The number of benzene rings is 1. The van der Waals surface area contributed by atoms with E-state index in [-0.39, 0.29) is 17.8 Å². The lowest BCUT2D eigenvalue weighted by molar-refractivity contribution is 0.345. The molecule has 3 aromatic rings. The summed E-state index contributed by atoms with van der Waals surface area (Å²) in [5.74, 6) is 0.149. The zero-order chi connectivity index (χ0) is 23.1. The van der Waals surface area contributed by atoms with Gasteiger partial charge in [-0.3, -0.25) is 4.98 Å². The molecule has 2 aromatic heterocycles. The highest BCUT2D eigenvalue weighted by molar-refractivity contribution is 7.80. The average molecular weight is 481 g/mol. The first kappa shape index (κ1) is 22.2. The van der Waals surface area contributed by atoms with Gasteiger partial charge in [0.15, 0.2) is 5.11 Å². The average Bonchev–Trinajstić information content (AvgIpc) is 3.31. The van der Waals surface area contributed by atoms with Crippen molar-refractivity contribution in [1.29, 1.82) is 0 Å². The number of anilines is 1. The van der Waals surface area contributed by atoms with E-state index >= 15 is 0 Å². The summed E-state index contributed by atoms with van der Waals surface area (Å²) in [5, 5.41) is 15.3. The number of halogens is 1. The predicted molar refractivity (Wildman–Crippen MR) is 137 cm³/mol. The normalized spacial score (nSPS) is 21.4. The molecule has 0 amide bonds. The lowest BCUT2D eigenvalue weighted by Crippen LogP contribution is -2.29. The quantitative estimate of drug-likeness (QED) is 0.415. The van der Waals surface area contributed by atoms with E-state index in [1.54, 1.807) is 18.2 Å². The number of aromatic nitrogens is 2. The largest absolute Gasteiger partial charge is 0.506 e. The molecule has 5 rings (SSSR count). The van der Waals surface area contributed by atoms with Crippen LogP contribution in [-0.4, -0.2) is 19.8 Å². The molecule has 1 aliphatic carbocycles. The van der Waals surface area contributed by atoms with E-state index < -0.39 is 0 Å². The van der Waals surface area contributed by atoms with Crippen LogP contribution in [0.1, 0.15) is 72.9 Å². The van der Waals surface area contributed by atoms with Gasteiger partial charge in [-0.05, 0) is 80.9 Å². The second kappa shape index (κ2) is 8.99. The van der Waals surface area contributed by atoms with Gasteiger partial charge < -0.3 is 19.9 Å². The van der Waals surface area contributed by atoms with Crippen LogP contribution >= 0.6 is 23.8 Å². The second-order valence-corrected chi connectivity index (χ2v) is 9.94. The van der Waals surface area contributed by atoms with Crippen molar-refractivity contribution in [2.24, 2.45) is 0 Å². The number of phenolic OH excluding ortho intramolecular Hbond substituents is 1. The van der Waals surface area contributed by atoms with Gasteiger partial charge in [-0.2, -0.15) is 0 Å². The molecule has 2 atom stereocenters. The third-order valence-corrected chi connectivity index (χ3v) is 7.63. The molecular formula is C26H29ClN4OS. The van der Waals surface area contributed by atoms with E-state index in [1.807, 2.05) is 29.3 Å². The molecule has 2 aliphatic rings. The maximum atomic E-state index is 10.8. The molecule has 33 heavy (non-hydrogen) atoms. The summed E-state index contributed by atoms with van der Waals surface area (Å²) in [6.45, 7) is 4.41. The molecule has 1 saturated carbocycles. The fourth-order valence-corrected chi connectivity index (χ4v) is 6.13. The third-order valence-electron chi connectivity index (χ3n) is 7.08. The zero-order valence-electron chi connectivity index (χ0n) is 19.0. The van der Waals surface area contributed by atoms with Crippen LogP contribution in [0.2, 0.25) is 5.02 Å². The first-order chi connectivity index (χ1) is 16.0. The van der Waals surface area contributed by atoms with Gasteiger partial charge >= 0.3 is 0 Å². The van der Waals surface area contributed by atoms with Gasteiger partial charge in [0.2, 0.25) is 0 Å². The number of hydrogen-bond acceptors (Lipinski definition) is 3. The summed E-state index contributed by atoms with van der Waals surface area (Å²) >= 11 is 12.1. The topological polar surface area (TPSA) is 53.3 Å². The highest BCUT2D eigenvalue weighted by Crippen LogP contribution is 2.47. The summed E-state index contributed by atoms with van der Waals surface area (Å²) in [6.07, 6.45) is 8.14. The molecule has 1 saturated heterocycles. The first-order valence-electron chi connectivity index (χ1n) is 11.6. The first-order valence-corrected chi connectivity index (χ1v) is 12.4. The van der Waals surface area contributed by atoms with E-state index in [4.69, 9.17) is 23.8 Å². The molecule has 0 spiro atoms. The SMILES string of the molecule is Cc1cc(C2C(c3ccccn3)NC(=S)N2c2cc(Cl)ccc2O)c(C)n1C1CCCCC1. The van der Waals surface area contributed by atoms with Gasteiger partial charge in [0.05, 0.1) is 23.5 Å². The van der Waals surface area contributed by atoms with Crippen molar-refractivity contribution in [3.8, 4) is 5.75 Å². The fourth-order valence-electron chi connectivity index (χ4n) is 5.62. The van der Waals surface area contributed by atoms with Crippen LogP contribution in [0, 0.1) is 13.8 Å². The minimum absolute atomic E-state index is 0.149. The molecule has 172 valence electrons. The number of phenols is 1. The van der Waals surface area contributed by atoms with Crippen molar-refractivity contribution in [1.82, 2.24) is 14.9 Å². The van der Waals surface area contributed by atoms with Gasteiger partial charge in [-0.1, -0.05) is 36.9 Å². The summed E-state index contributed by atoms with van der Waals surface area (Å²) in [6, 6.07) is 13.5. The van der Waals surface area contributed by atoms with Gasteiger partial charge in [-0.25, -0.2) is 0 Å². The van der Waals surface area contributed by atoms with E-state index in [2.05, 4.69) is 34.8 Å². The number of aromatic hydroxyl groups is 1. The zero-order valence-corrected chi connectivity index (χ0v) is 20.5. The molecule has 5 nitrogen and oxygen atoms in total. The molecule has 2 unspecified atom stereocenters. The smallest absolute Gasteiger partial charge is 0.174 e.